The molecule has 0 aliphatic rings. The Kier molecular flexibility index (Phi) is 7.57. The third kappa shape index (κ3) is 6.39. The zero-order valence-corrected chi connectivity index (χ0v) is 18.5. The van der Waals surface area contributed by atoms with Gasteiger partial charge in [-0.3, -0.25) is 9.59 Å². The molecule has 0 saturated carbocycles. The van der Waals surface area contributed by atoms with E-state index in [9.17, 15) is 9.59 Å². The van der Waals surface area contributed by atoms with Crippen LogP contribution in [0.25, 0.3) is 10.2 Å². The van der Waals surface area contributed by atoms with Crippen LogP contribution in [-0.2, 0) is 27.2 Å². The molecule has 1 atom stereocenters. The average Bonchev–Trinajstić information content (AvgIpc) is 3.14. The van der Waals surface area contributed by atoms with E-state index in [1.165, 1.54) is 5.56 Å². The Hall–Kier alpha value is -2.73. The summed E-state index contributed by atoms with van der Waals surface area (Å²) < 4.78 is 6.23. The van der Waals surface area contributed by atoms with Crippen molar-refractivity contribution in [2.75, 3.05) is 6.61 Å². The highest BCUT2D eigenvalue weighted by molar-refractivity contribution is 7.18. The number of ether oxygens (including phenoxy) is 1. The summed E-state index contributed by atoms with van der Waals surface area (Å²) in [6.45, 7) is 6.03. The maximum Gasteiger partial charge on any atom is 0.306 e. The largest absolute Gasteiger partial charge is 0.456 e. The monoisotopic (exact) mass is 424 g/mol. The fourth-order valence-corrected chi connectivity index (χ4v) is 4.20. The van der Waals surface area contributed by atoms with Gasteiger partial charge in [-0.25, -0.2) is 4.98 Å². The van der Waals surface area contributed by atoms with Gasteiger partial charge < -0.3 is 10.1 Å². The van der Waals surface area contributed by atoms with Gasteiger partial charge in [0.1, 0.15) is 0 Å². The number of rotatable bonds is 9. The molecule has 3 aromatic rings. The lowest BCUT2D eigenvalue weighted by Gasteiger charge is -2.15. The Balaban J connectivity index is 1.40. The summed E-state index contributed by atoms with van der Waals surface area (Å²) in [5, 5.41) is 3.77. The van der Waals surface area contributed by atoms with Gasteiger partial charge in [0.15, 0.2) is 6.61 Å². The molecule has 3 rings (SSSR count). The lowest BCUT2D eigenvalue weighted by Crippen LogP contribution is -2.31. The van der Waals surface area contributed by atoms with E-state index in [1.807, 2.05) is 43.3 Å². The second-order valence-corrected chi connectivity index (χ2v) is 8.98. The van der Waals surface area contributed by atoms with E-state index in [2.05, 4.69) is 36.3 Å². The minimum absolute atomic E-state index is 0.146. The van der Waals surface area contributed by atoms with Crippen molar-refractivity contribution >= 4 is 33.4 Å². The van der Waals surface area contributed by atoms with Gasteiger partial charge in [0, 0.05) is 6.42 Å². The van der Waals surface area contributed by atoms with Crippen LogP contribution in [-0.4, -0.2) is 23.5 Å². The molecule has 0 fully saturated rings. The van der Waals surface area contributed by atoms with E-state index < -0.39 is 5.97 Å². The van der Waals surface area contributed by atoms with Gasteiger partial charge in [0.2, 0.25) is 0 Å². The van der Waals surface area contributed by atoms with Crippen LogP contribution >= 0.6 is 11.3 Å². The molecule has 5 nitrogen and oxygen atoms in total. The molecular weight excluding hydrogens is 396 g/mol. The fraction of sp³-hybridized carbons (Fsp3) is 0.375. The van der Waals surface area contributed by atoms with Gasteiger partial charge in [-0.15, -0.1) is 11.3 Å². The first-order valence-corrected chi connectivity index (χ1v) is 11.1. The van der Waals surface area contributed by atoms with Crippen molar-refractivity contribution in [1.29, 1.82) is 0 Å². The predicted octanol–water partition coefficient (Wildman–Crippen LogP) is 4.85. The zero-order chi connectivity index (χ0) is 21.5. The number of carbonyl (C=O) groups excluding carboxylic acids is 2. The number of para-hydroxylation sites is 1. The number of aryl methyl sites for hydroxylation is 1. The third-order valence-corrected chi connectivity index (χ3v) is 5.84. The van der Waals surface area contributed by atoms with Crippen LogP contribution in [0.4, 0.5) is 0 Å². The highest BCUT2D eigenvalue weighted by Crippen LogP contribution is 2.22. The highest BCUT2D eigenvalue weighted by atomic mass is 32.1. The molecular formula is C24H28N2O3S. The van der Waals surface area contributed by atoms with Crippen molar-refractivity contribution in [2.24, 2.45) is 5.92 Å². The maximum atomic E-state index is 12.1. The molecule has 1 heterocycles. The Labute approximate surface area is 181 Å². The van der Waals surface area contributed by atoms with Crippen molar-refractivity contribution in [2.45, 2.75) is 46.1 Å². The van der Waals surface area contributed by atoms with Gasteiger partial charge in [-0.2, -0.15) is 0 Å². The number of hydrogen-bond acceptors (Lipinski definition) is 5. The minimum Gasteiger partial charge on any atom is -0.456 e. The summed E-state index contributed by atoms with van der Waals surface area (Å²) >= 11 is 1.58. The molecule has 0 bridgehead atoms. The lowest BCUT2D eigenvalue weighted by atomic mass is 10.00. The van der Waals surface area contributed by atoms with Crippen LogP contribution in [0.1, 0.15) is 49.4 Å². The first-order valence-electron chi connectivity index (χ1n) is 10.3. The maximum absolute atomic E-state index is 12.1. The summed E-state index contributed by atoms with van der Waals surface area (Å²) in [5.41, 5.74) is 3.25. The predicted molar refractivity (Wildman–Crippen MR) is 120 cm³/mol. The minimum atomic E-state index is -0.393. The van der Waals surface area contributed by atoms with Crippen molar-refractivity contribution in [1.82, 2.24) is 10.3 Å². The van der Waals surface area contributed by atoms with Crippen molar-refractivity contribution in [3.8, 4) is 0 Å². The number of amides is 1. The summed E-state index contributed by atoms with van der Waals surface area (Å²) in [6.07, 6.45) is 1.76. The number of nitrogens with one attached hydrogen (secondary N) is 1. The van der Waals surface area contributed by atoms with Crippen LogP contribution in [0.3, 0.4) is 0 Å². The molecule has 1 N–H and O–H groups in total. The molecule has 6 heteroatoms. The number of nitrogens with zero attached hydrogens (tertiary/aromatic N) is 1. The summed E-state index contributed by atoms with van der Waals surface area (Å²) in [7, 11) is 0. The Morgan fingerprint density at radius 2 is 1.80 bits per heavy atom. The number of thiazole rings is 1. The standard InChI is InChI=1S/C24H28N2O3S/c1-16(2)14-18-8-10-19(11-9-18)17(3)25-22(27)15-29-24(28)13-12-23-26-20-6-4-5-7-21(20)30-23/h4-11,16-17H,12-15H2,1-3H3,(H,25,27)/t17-/m0/s1. The average molecular weight is 425 g/mol. The second kappa shape index (κ2) is 10.3. The summed E-state index contributed by atoms with van der Waals surface area (Å²) in [6, 6.07) is 16.0. The molecule has 0 unspecified atom stereocenters. The molecule has 158 valence electrons. The van der Waals surface area contributed by atoms with Crippen molar-refractivity contribution in [3.63, 3.8) is 0 Å². The van der Waals surface area contributed by atoms with Gasteiger partial charge >= 0.3 is 5.97 Å². The van der Waals surface area contributed by atoms with E-state index in [0.717, 1.165) is 27.2 Å². The van der Waals surface area contributed by atoms with E-state index in [-0.39, 0.29) is 25.0 Å². The van der Waals surface area contributed by atoms with E-state index in [0.29, 0.717) is 12.3 Å². The summed E-state index contributed by atoms with van der Waals surface area (Å²) in [4.78, 5) is 28.6. The van der Waals surface area contributed by atoms with Crippen molar-refractivity contribution in [3.05, 3.63) is 64.7 Å². The molecule has 0 aliphatic heterocycles. The Morgan fingerprint density at radius 3 is 2.50 bits per heavy atom. The number of aromatic nitrogens is 1. The molecule has 0 saturated heterocycles. The SMILES string of the molecule is CC(C)Cc1ccc([C@H](C)NC(=O)COC(=O)CCc2nc3ccccc3s2)cc1. The van der Waals surface area contributed by atoms with E-state index in [4.69, 9.17) is 4.74 Å². The highest BCUT2D eigenvalue weighted by Gasteiger charge is 2.13. The van der Waals surface area contributed by atoms with Crippen LogP contribution in [0.2, 0.25) is 0 Å². The first-order chi connectivity index (χ1) is 14.4. The fourth-order valence-electron chi connectivity index (χ4n) is 3.23. The molecule has 1 amide bonds. The molecule has 0 spiro atoms. The van der Waals surface area contributed by atoms with Crippen LogP contribution in [0.15, 0.2) is 48.5 Å². The molecule has 2 aromatic carbocycles. The first kappa shape index (κ1) is 22.0. The van der Waals surface area contributed by atoms with Crippen molar-refractivity contribution < 1.29 is 14.3 Å². The van der Waals surface area contributed by atoms with Gasteiger partial charge in [-0.05, 0) is 42.5 Å². The molecule has 1 aromatic heterocycles. The van der Waals surface area contributed by atoms with E-state index in [1.54, 1.807) is 11.3 Å². The quantitative estimate of drug-likeness (QED) is 0.499. The van der Waals surface area contributed by atoms with Gasteiger partial charge in [0.05, 0.1) is 27.7 Å². The number of benzene rings is 2. The number of carbonyl (C=O) groups is 2. The third-order valence-electron chi connectivity index (χ3n) is 4.75. The molecule has 30 heavy (non-hydrogen) atoms. The normalized spacial score (nSPS) is 12.1. The van der Waals surface area contributed by atoms with Gasteiger partial charge in [0.25, 0.3) is 5.91 Å². The second-order valence-electron chi connectivity index (χ2n) is 7.86. The van der Waals surface area contributed by atoms with Gasteiger partial charge in [-0.1, -0.05) is 50.2 Å². The number of hydrogen-bond donors (Lipinski definition) is 1. The Bertz CT molecular complexity index is 962. The summed E-state index contributed by atoms with van der Waals surface area (Å²) in [5.74, 6) is -0.0884. The molecule has 0 aliphatic carbocycles. The topological polar surface area (TPSA) is 68.3 Å². The zero-order valence-electron chi connectivity index (χ0n) is 17.7. The number of esters is 1. The lowest BCUT2D eigenvalue weighted by molar-refractivity contribution is -0.148. The number of fused-ring (bicyclic) bond motifs is 1. The van der Waals surface area contributed by atoms with E-state index >= 15 is 0 Å². The smallest absolute Gasteiger partial charge is 0.306 e. The van der Waals surface area contributed by atoms with Crippen LogP contribution in [0.5, 0.6) is 0 Å². The Morgan fingerprint density at radius 1 is 1.07 bits per heavy atom. The van der Waals surface area contributed by atoms with Crippen LogP contribution in [0, 0.1) is 5.92 Å². The van der Waals surface area contributed by atoms with Crippen LogP contribution < -0.4 is 5.32 Å². The molecule has 0 radical (unpaired) electrons.